The quantitative estimate of drug-likeness (QED) is 0.857. The number of hydrogen-bond acceptors (Lipinski definition) is 3. The molecule has 0 N–H and O–H groups in total. The second-order valence-corrected chi connectivity index (χ2v) is 6.22. The molecular weight excluding hydrogens is 262 g/mol. The molecule has 0 bridgehead atoms. The number of hydrogen-bond donors (Lipinski definition) is 0. The van der Waals surface area contributed by atoms with E-state index in [4.69, 9.17) is 0 Å². The van der Waals surface area contributed by atoms with E-state index in [0.717, 1.165) is 25.9 Å². The van der Waals surface area contributed by atoms with E-state index in [9.17, 15) is 4.79 Å². The van der Waals surface area contributed by atoms with Gasteiger partial charge in [-0.25, -0.2) is 0 Å². The van der Waals surface area contributed by atoms with Crippen LogP contribution in [0.25, 0.3) is 0 Å². The van der Waals surface area contributed by atoms with Gasteiger partial charge < -0.3 is 9.80 Å². The molecular formula is C17H25N3O. The number of amides is 1. The van der Waals surface area contributed by atoms with Gasteiger partial charge in [0.15, 0.2) is 0 Å². The van der Waals surface area contributed by atoms with E-state index in [0.29, 0.717) is 11.7 Å². The summed E-state index contributed by atoms with van der Waals surface area (Å²) >= 11 is 0. The molecule has 114 valence electrons. The van der Waals surface area contributed by atoms with Crippen molar-refractivity contribution in [2.24, 2.45) is 0 Å². The van der Waals surface area contributed by atoms with Crippen molar-refractivity contribution >= 4 is 5.91 Å². The van der Waals surface area contributed by atoms with Gasteiger partial charge in [0.2, 0.25) is 0 Å². The number of pyridine rings is 1. The Morgan fingerprint density at radius 3 is 2.67 bits per heavy atom. The number of carbonyl (C=O) groups is 1. The van der Waals surface area contributed by atoms with Crippen LogP contribution in [0, 0.1) is 0 Å². The molecule has 1 aromatic rings. The lowest BCUT2D eigenvalue weighted by atomic mass is 10.1. The highest BCUT2D eigenvalue weighted by molar-refractivity contribution is 5.92. The minimum atomic E-state index is 0.113. The van der Waals surface area contributed by atoms with Gasteiger partial charge in [-0.1, -0.05) is 18.9 Å². The van der Waals surface area contributed by atoms with E-state index in [1.54, 1.807) is 6.20 Å². The molecule has 1 aromatic heterocycles. The van der Waals surface area contributed by atoms with Gasteiger partial charge in [0.25, 0.3) is 5.91 Å². The molecule has 2 fully saturated rings. The summed E-state index contributed by atoms with van der Waals surface area (Å²) in [6.07, 6.45) is 9.06. The summed E-state index contributed by atoms with van der Waals surface area (Å²) in [6.45, 7) is 4.32. The summed E-state index contributed by atoms with van der Waals surface area (Å²) in [7, 11) is 0. The molecule has 1 unspecified atom stereocenters. The van der Waals surface area contributed by atoms with Crippen molar-refractivity contribution in [3.8, 4) is 0 Å². The van der Waals surface area contributed by atoms with Crippen molar-refractivity contribution in [1.82, 2.24) is 14.8 Å². The summed E-state index contributed by atoms with van der Waals surface area (Å²) in [5.74, 6) is 0.113. The van der Waals surface area contributed by atoms with Crippen molar-refractivity contribution in [3.05, 3.63) is 30.1 Å². The highest BCUT2D eigenvalue weighted by Crippen LogP contribution is 2.21. The fourth-order valence-electron chi connectivity index (χ4n) is 3.53. The first-order chi connectivity index (χ1) is 10.3. The Balaban J connectivity index is 1.73. The third-order valence-electron chi connectivity index (χ3n) is 4.69. The molecule has 1 amide bonds. The molecule has 2 aliphatic rings. The largest absolute Gasteiger partial charge is 0.333 e. The number of nitrogens with zero attached hydrogens (tertiary/aromatic N) is 3. The Morgan fingerprint density at radius 2 is 1.90 bits per heavy atom. The van der Waals surface area contributed by atoms with Gasteiger partial charge in [-0.15, -0.1) is 0 Å². The molecule has 0 aliphatic carbocycles. The zero-order valence-electron chi connectivity index (χ0n) is 12.7. The molecule has 21 heavy (non-hydrogen) atoms. The number of carbonyl (C=O) groups excluding carboxylic acids is 1. The highest BCUT2D eigenvalue weighted by Gasteiger charge is 2.29. The standard InChI is InChI=1S/C17H25N3O/c21-17(16-9-3-4-10-18-16)20-13-5-1-2-8-15(20)14-19-11-6-7-12-19/h3-4,9-10,15H,1-2,5-8,11-14H2. The second kappa shape index (κ2) is 7.03. The van der Waals surface area contributed by atoms with E-state index in [2.05, 4.69) is 14.8 Å². The van der Waals surface area contributed by atoms with Crippen LogP contribution >= 0.6 is 0 Å². The van der Waals surface area contributed by atoms with E-state index in [1.165, 1.54) is 38.8 Å². The van der Waals surface area contributed by atoms with Gasteiger partial charge in [-0.05, 0) is 50.9 Å². The lowest BCUT2D eigenvalue weighted by molar-refractivity contribution is 0.0637. The Hall–Kier alpha value is -1.42. The Bertz CT molecular complexity index is 456. The molecule has 0 aromatic carbocycles. The van der Waals surface area contributed by atoms with Gasteiger partial charge in [0.1, 0.15) is 5.69 Å². The lowest BCUT2D eigenvalue weighted by Crippen LogP contribution is -2.46. The van der Waals surface area contributed by atoms with Gasteiger partial charge in [0, 0.05) is 25.3 Å². The van der Waals surface area contributed by atoms with Gasteiger partial charge in [-0.3, -0.25) is 9.78 Å². The van der Waals surface area contributed by atoms with Crippen LogP contribution in [-0.4, -0.2) is 52.9 Å². The summed E-state index contributed by atoms with van der Waals surface area (Å²) in [6, 6.07) is 5.95. The molecule has 3 heterocycles. The van der Waals surface area contributed by atoms with Crippen LogP contribution in [0.3, 0.4) is 0 Å². The van der Waals surface area contributed by atoms with Crippen molar-refractivity contribution < 1.29 is 4.79 Å². The fraction of sp³-hybridized carbons (Fsp3) is 0.647. The maximum atomic E-state index is 12.8. The number of rotatable bonds is 3. The zero-order chi connectivity index (χ0) is 14.5. The summed E-state index contributed by atoms with van der Waals surface area (Å²) in [5, 5.41) is 0. The molecule has 2 aliphatic heterocycles. The van der Waals surface area contributed by atoms with E-state index < -0.39 is 0 Å². The molecule has 0 saturated carbocycles. The molecule has 4 nitrogen and oxygen atoms in total. The average Bonchev–Trinajstić information content (AvgIpc) is 2.92. The van der Waals surface area contributed by atoms with Crippen molar-refractivity contribution in [2.75, 3.05) is 26.2 Å². The number of aromatic nitrogens is 1. The predicted octanol–water partition coefficient (Wildman–Crippen LogP) is 2.56. The smallest absolute Gasteiger partial charge is 0.272 e. The van der Waals surface area contributed by atoms with Gasteiger partial charge in [-0.2, -0.15) is 0 Å². The minimum absolute atomic E-state index is 0.113. The average molecular weight is 287 g/mol. The summed E-state index contributed by atoms with van der Waals surface area (Å²) < 4.78 is 0. The zero-order valence-corrected chi connectivity index (χ0v) is 12.7. The minimum Gasteiger partial charge on any atom is -0.333 e. The topological polar surface area (TPSA) is 36.4 Å². The maximum absolute atomic E-state index is 12.8. The Labute approximate surface area is 127 Å². The first-order valence-corrected chi connectivity index (χ1v) is 8.29. The third-order valence-corrected chi connectivity index (χ3v) is 4.69. The molecule has 3 rings (SSSR count). The molecule has 1 atom stereocenters. The second-order valence-electron chi connectivity index (χ2n) is 6.22. The van der Waals surface area contributed by atoms with Crippen LogP contribution in [0.4, 0.5) is 0 Å². The van der Waals surface area contributed by atoms with Crippen molar-refractivity contribution in [1.29, 1.82) is 0 Å². The predicted molar refractivity (Wildman–Crippen MR) is 83.2 cm³/mol. The normalized spacial score (nSPS) is 24.0. The van der Waals surface area contributed by atoms with Crippen LogP contribution in [0.2, 0.25) is 0 Å². The van der Waals surface area contributed by atoms with E-state index >= 15 is 0 Å². The third kappa shape index (κ3) is 3.62. The van der Waals surface area contributed by atoms with E-state index in [-0.39, 0.29) is 5.91 Å². The van der Waals surface area contributed by atoms with Gasteiger partial charge >= 0.3 is 0 Å². The SMILES string of the molecule is O=C(c1ccccn1)N1CCCCCC1CN1CCCC1. The van der Waals surface area contributed by atoms with Crippen LogP contribution in [0.15, 0.2) is 24.4 Å². The van der Waals surface area contributed by atoms with Crippen molar-refractivity contribution in [2.45, 2.75) is 44.6 Å². The lowest BCUT2D eigenvalue weighted by Gasteiger charge is -2.32. The highest BCUT2D eigenvalue weighted by atomic mass is 16.2. The van der Waals surface area contributed by atoms with Crippen LogP contribution in [0.1, 0.15) is 49.0 Å². The molecule has 0 spiro atoms. The molecule has 2 saturated heterocycles. The fourth-order valence-corrected chi connectivity index (χ4v) is 3.53. The Kier molecular flexibility index (Phi) is 4.86. The molecule has 0 radical (unpaired) electrons. The first kappa shape index (κ1) is 14.5. The molecule has 4 heteroatoms. The van der Waals surface area contributed by atoms with Crippen LogP contribution in [0.5, 0.6) is 0 Å². The maximum Gasteiger partial charge on any atom is 0.272 e. The van der Waals surface area contributed by atoms with E-state index in [1.807, 2.05) is 18.2 Å². The van der Waals surface area contributed by atoms with Crippen LogP contribution in [-0.2, 0) is 0 Å². The Morgan fingerprint density at radius 1 is 1.10 bits per heavy atom. The monoisotopic (exact) mass is 287 g/mol. The van der Waals surface area contributed by atoms with Gasteiger partial charge in [0.05, 0.1) is 0 Å². The van der Waals surface area contributed by atoms with Crippen molar-refractivity contribution in [3.63, 3.8) is 0 Å². The van der Waals surface area contributed by atoms with Crippen LogP contribution < -0.4 is 0 Å². The summed E-state index contributed by atoms with van der Waals surface area (Å²) in [4.78, 5) is 21.6. The summed E-state index contributed by atoms with van der Waals surface area (Å²) in [5.41, 5.74) is 0.589. The first-order valence-electron chi connectivity index (χ1n) is 8.29. The number of likely N-dealkylation sites (tertiary alicyclic amines) is 2.